The molecule has 6 aliphatic carbocycles. The van der Waals surface area contributed by atoms with Gasteiger partial charge in [-0.15, -0.1) is 0 Å². The molecule has 6 aliphatic rings. The van der Waals surface area contributed by atoms with Crippen LogP contribution in [0, 0.1) is 0 Å². The maximum Gasteiger partial charge on any atom is 0.0296 e. The van der Waals surface area contributed by atoms with Gasteiger partial charge in [-0.3, -0.25) is 0 Å². The predicted octanol–water partition coefficient (Wildman–Crippen LogP) is 14.2. The summed E-state index contributed by atoms with van der Waals surface area (Å²) in [6.07, 6.45) is 6.26. The molecule has 0 heterocycles. The Kier molecular flexibility index (Phi) is 6.65. The van der Waals surface area contributed by atoms with Crippen LogP contribution >= 0.6 is 0 Å². The van der Waals surface area contributed by atoms with Crippen LogP contribution in [-0.2, 0) is 54.8 Å². The van der Waals surface area contributed by atoms with Gasteiger partial charge in [-0.1, -0.05) is 176 Å². The zero-order valence-corrected chi connectivity index (χ0v) is 35.2. The van der Waals surface area contributed by atoms with E-state index in [0.29, 0.717) is 0 Å². The maximum absolute atomic E-state index is 2.60. The highest BCUT2D eigenvalue weighted by atomic mass is 14.5. The van der Waals surface area contributed by atoms with E-state index < -0.39 is 0 Å². The molecule has 0 N–H and O–H groups in total. The van der Waals surface area contributed by atoms with E-state index in [1.54, 1.807) is 0 Å². The first-order chi connectivity index (χ1) is 31.1. The monoisotopic (exact) mass is 800 g/mol. The Hall–Kier alpha value is -7.02. The van der Waals surface area contributed by atoms with Gasteiger partial charge in [0, 0.05) is 16.2 Å². The highest BCUT2D eigenvalue weighted by Crippen LogP contribution is 2.60. The molecule has 0 radical (unpaired) electrons. The van der Waals surface area contributed by atoms with E-state index in [4.69, 9.17) is 0 Å². The van der Waals surface area contributed by atoms with Crippen LogP contribution in [0.5, 0.6) is 0 Å². The van der Waals surface area contributed by atoms with Crippen molar-refractivity contribution in [3.8, 4) is 55.6 Å². The van der Waals surface area contributed by atoms with Gasteiger partial charge < -0.3 is 0 Å². The molecule has 0 saturated carbocycles. The molecule has 15 rings (SSSR count). The first kappa shape index (κ1) is 34.6. The Bertz CT molecular complexity index is 3440. The lowest BCUT2D eigenvalue weighted by Crippen LogP contribution is -2.26. The summed E-state index contributed by atoms with van der Waals surface area (Å²) in [5.41, 5.74) is 31.6. The van der Waals surface area contributed by atoms with E-state index in [0.717, 1.165) is 38.5 Å². The summed E-state index contributed by atoms with van der Waals surface area (Å²) in [6.45, 7) is 0. The van der Waals surface area contributed by atoms with Gasteiger partial charge >= 0.3 is 0 Å². The van der Waals surface area contributed by atoms with Crippen LogP contribution in [0.25, 0.3) is 55.6 Å². The first-order valence-electron chi connectivity index (χ1n) is 23.1. The van der Waals surface area contributed by atoms with Crippen LogP contribution in [0.4, 0.5) is 0 Å². The van der Waals surface area contributed by atoms with Gasteiger partial charge in [-0.05, 0) is 179 Å². The summed E-state index contributed by atoms with van der Waals surface area (Å²) in [4.78, 5) is 0. The Morgan fingerprint density at radius 2 is 0.540 bits per heavy atom. The molecule has 9 aromatic rings. The first-order valence-corrected chi connectivity index (χ1v) is 23.1. The van der Waals surface area contributed by atoms with E-state index >= 15 is 0 Å². The van der Waals surface area contributed by atoms with Crippen molar-refractivity contribution < 1.29 is 0 Å². The molecule has 0 fully saturated rings. The summed E-state index contributed by atoms with van der Waals surface area (Å²) in [7, 11) is 0. The summed E-state index contributed by atoms with van der Waals surface area (Å²) >= 11 is 0. The zero-order chi connectivity index (χ0) is 41.1. The van der Waals surface area contributed by atoms with Gasteiger partial charge in [0.2, 0.25) is 0 Å². The molecule has 9 aromatic carbocycles. The molecule has 0 saturated heterocycles. The summed E-state index contributed by atoms with van der Waals surface area (Å²) in [5, 5.41) is 0. The third-order valence-corrected chi connectivity index (χ3v) is 16.9. The zero-order valence-electron chi connectivity index (χ0n) is 35.2. The van der Waals surface area contributed by atoms with Crippen molar-refractivity contribution in [3.05, 3.63) is 261 Å². The third-order valence-electron chi connectivity index (χ3n) is 16.9. The van der Waals surface area contributed by atoms with Crippen LogP contribution in [0.2, 0.25) is 0 Å². The third kappa shape index (κ3) is 4.41. The van der Waals surface area contributed by atoms with Gasteiger partial charge in [-0.2, -0.15) is 0 Å². The molecule has 0 nitrogen and oxygen atoms in total. The smallest absolute Gasteiger partial charge is 0.0296 e. The van der Waals surface area contributed by atoms with Crippen molar-refractivity contribution >= 4 is 0 Å². The number of hydrogen-bond donors (Lipinski definition) is 0. The minimum atomic E-state index is -0.122. The molecule has 0 aliphatic heterocycles. The Labute approximate surface area is 369 Å². The molecular weight excluding hydrogens is 757 g/mol. The lowest BCUT2D eigenvalue weighted by atomic mass is 9.74. The number of benzene rings is 9. The topological polar surface area (TPSA) is 0 Å². The number of rotatable bonds is 2. The van der Waals surface area contributed by atoms with Gasteiger partial charge in [0.15, 0.2) is 0 Å². The van der Waals surface area contributed by atoms with Crippen molar-refractivity contribution in [2.45, 2.75) is 54.8 Å². The molecule has 1 unspecified atom stereocenters. The predicted molar refractivity (Wildman–Crippen MR) is 258 cm³/mol. The Balaban J connectivity index is 0.848. The lowest BCUT2D eigenvalue weighted by molar-refractivity contribution is 0.563. The number of fused-ring (bicyclic) bond motifs is 18. The molecule has 296 valence electrons. The van der Waals surface area contributed by atoms with E-state index in [1.807, 2.05) is 0 Å². The van der Waals surface area contributed by atoms with Gasteiger partial charge in [0.25, 0.3) is 0 Å². The van der Waals surface area contributed by atoms with Gasteiger partial charge in [0.1, 0.15) is 0 Å². The average Bonchev–Trinajstić information content (AvgIpc) is 4.18. The fourth-order valence-corrected chi connectivity index (χ4v) is 14.2. The summed E-state index contributed by atoms with van der Waals surface area (Å²) < 4.78 is 0. The van der Waals surface area contributed by atoms with Crippen molar-refractivity contribution in [1.29, 1.82) is 0 Å². The normalized spacial score (nSPS) is 18.7. The van der Waals surface area contributed by atoms with Crippen LogP contribution in [-0.4, -0.2) is 0 Å². The molecule has 0 aromatic heterocycles. The number of hydrogen-bond acceptors (Lipinski definition) is 0. The van der Waals surface area contributed by atoms with Gasteiger partial charge in [0.05, 0.1) is 0 Å². The fraction of sp³-hybridized carbons (Fsp3) is 0.143. The van der Waals surface area contributed by atoms with Crippen LogP contribution < -0.4 is 0 Å². The van der Waals surface area contributed by atoms with E-state index in [2.05, 4.69) is 194 Å². The molecule has 3 spiro atoms. The van der Waals surface area contributed by atoms with Crippen LogP contribution in [0.1, 0.15) is 66.8 Å². The quantitative estimate of drug-likeness (QED) is 0.163. The minimum Gasteiger partial charge on any atom is -0.0620 e. The molecule has 63 heavy (non-hydrogen) atoms. The SMILES string of the molecule is c1ccc2c(c1)CC1(C2)c2ccccc2-c2ccc(-c3ccc4c(c3)C3(Cc5cccc(-c6ccc7c(c6)C6(Cc8ccccc8C6)c6ccccc6-7)c5C3)c3ccccc3-4)cc21. The molecule has 0 bridgehead atoms. The van der Waals surface area contributed by atoms with Crippen molar-refractivity contribution in [3.63, 3.8) is 0 Å². The van der Waals surface area contributed by atoms with Crippen molar-refractivity contribution in [1.82, 2.24) is 0 Å². The second kappa shape index (κ2) is 12.1. The van der Waals surface area contributed by atoms with E-state index in [-0.39, 0.29) is 16.2 Å². The highest BCUT2D eigenvalue weighted by molar-refractivity contribution is 5.90. The van der Waals surface area contributed by atoms with E-state index in [9.17, 15) is 0 Å². The van der Waals surface area contributed by atoms with Crippen LogP contribution in [0.15, 0.2) is 194 Å². The molecule has 1 atom stereocenters. The molecular formula is C63H44. The second-order valence-electron chi connectivity index (χ2n) is 19.7. The standard InChI is InChI=1S/C63H44/c1-2-13-43-34-61(33-42(43)12-1)55-21-8-5-17-48(55)51-27-24-39(30-58(51)61)40-25-28-52-50-19-7-10-23-57(50)63(59(52)31-40)37-46-16-11-20-47(54(46)38-63)41-26-29-53-49-18-6-9-22-56(49)62(60(53)32-41)35-44-14-3-4-15-45(44)36-62/h1-32H,33-38H2. The van der Waals surface area contributed by atoms with Crippen molar-refractivity contribution in [2.24, 2.45) is 0 Å². The second-order valence-corrected chi connectivity index (χ2v) is 19.7. The fourth-order valence-electron chi connectivity index (χ4n) is 14.2. The molecule has 0 heteroatoms. The Morgan fingerprint density at radius 1 is 0.222 bits per heavy atom. The molecule has 0 amide bonds. The Morgan fingerprint density at radius 3 is 1.00 bits per heavy atom. The van der Waals surface area contributed by atoms with E-state index in [1.165, 1.54) is 122 Å². The summed E-state index contributed by atoms with van der Waals surface area (Å²) in [5.74, 6) is 0. The van der Waals surface area contributed by atoms with Crippen LogP contribution in [0.3, 0.4) is 0 Å². The van der Waals surface area contributed by atoms with Gasteiger partial charge in [-0.25, -0.2) is 0 Å². The lowest BCUT2D eigenvalue weighted by Gasteiger charge is -2.28. The maximum atomic E-state index is 2.60. The highest BCUT2D eigenvalue weighted by Gasteiger charge is 2.50. The minimum absolute atomic E-state index is 0.0216. The summed E-state index contributed by atoms with van der Waals surface area (Å²) in [6, 6.07) is 75.5. The van der Waals surface area contributed by atoms with Crippen molar-refractivity contribution in [2.75, 3.05) is 0 Å². The largest absolute Gasteiger partial charge is 0.0620 e. The average molecular weight is 801 g/mol.